The van der Waals surface area contributed by atoms with Crippen molar-refractivity contribution in [3.05, 3.63) is 64.6 Å². The smallest absolute Gasteiger partial charge is 0.268 e. The van der Waals surface area contributed by atoms with Crippen molar-refractivity contribution in [3.63, 3.8) is 0 Å². The minimum Gasteiger partial charge on any atom is -0.377 e. The summed E-state index contributed by atoms with van der Waals surface area (Å²) in [5.41, 5.74) is 14.2. The third kappa shape index (κ3) is 7.16. The molecule has 1 aliphatic rings. The van der Waals surface area contributed by atoms with Gasteiger partial charge in [-0.3, -0.25) is 4.79 Å². The van der Waals surface area contributed by atoms with E-state index in [9.17, 15) is 9.18 Å². The molecule has 6 N–H and O–H groups in total. The molecule has 0 radical (unpaired) electrons. The van der Waals surface area contributed by atoms with Gasteiger partial charge >= 0.3 is 0 Å². The first-order valence-electron chi connectivity index (χ1n) is 10.2. The molecule has 2 atom stereocenters. The molecule has 3 heterocycles. The number of aromatic amines is 1. The number of thioether (sulfide) groups is 1. The van der Waals surface area contributed by atoms with Crippen LogP contribution in [0, 0.1) is 6.92 Å². The number of halogens is 2. The molecule has 33 heavy (non-hydrogen) atoms. The fourth-order valence-corrected chi connectivity index (χ4v) is 3.97. The van der Waals surface area contributed by atoms with Gasteiger partial charge in [-0.25, -0.2) is 14.4 Å². The Morgan fingerprint density at radius 3 is 2.91 bits per heavy atom. The van der Waals surface area contributed by atoms with E-state index >= 15 is 0 Å². The molecule has 3 aromatic rings. The van der Waals surface area contributed by atoms with E-state index in [2.05, 4.69) is 20.3 Å². The van der Waals surface area contributed by atoms with E-state index in [4.69, 9.17) is 27.8 Å². The first kappa shape index (κ1) is 25.0. The Balaban J connectivity index is 0.000000374. The summed E-state index contributed by atoms with van der Waals surface area (Å²) in [6.45, 7) is 3.13. The number of hydrogen-bond donors (Lipinski definition) is 4. The van der Waals surface area contributed by atoms with Crippen LogP contribution in [0.5, 0.6) is 0 Å². The van der Waals surface area contributed by atoms with Crippen molar-refractivity contribution in [1.82, 2.24) is 20.3 Å². The largest absolute Gasteiger partial charge is 0.377 e. The Morgan fingerprint density at radius 1 is 1.45 bits per heavy atom. The first-order chi connectivity index (χ1) is 15.9. The van der Waals surface area contributed by atoms with Gasteiger partial charge in [0.2, 0.25) is 5.95 Å². The van der Waals surface area contributed by atoms with Crippen LogP contribution in [0.3, 0.4) is 0 Å². The van der Waals surface area contributed by atoms with Gasteiger partial charge in [-0.15, -0.1) is 11.8 Å². The molecule has 176 valence electrons. The van der Waals surface area contributed by atoms with E-state index in [1.165, 1.54) is 11.8 Å². The van der Waals surface area contributed by atoms with Crippen LogP contribution in [0.15, 0.2) is 42.7 Å². The fraction of sp³-hybridized carbons (Fsp3) is 0.318. The van der Waals surface area contributed by atoms with Gasteiger partial charge in [-0.1, -0.05) is 23.7 Å². The molecule has 1 aromatic carbocycles. The zero-order valence-electron chi connectivity index (χ0n) is 18.1. The van der Waals surface area contributed by atoms with E-state index in [1.807, 2.05) is 19.1 Å². The van der Waals surface area contributed by atoms with E-state index in [0.717, 1.165) is 22.4 Å². The molecule has 11 heteroatoms. The number of rotatable bonds is 5. The summed E-state index contributed by atoms with van der Waals surface area (Å²) >= 11 is 7.34. The standard InChI is InChI=1S/C18H19ClN6O.C4H7FOS/c1-10-8-23-18(21)25-16(10)12-6-14(22-9-12)17(26)24-15(7-20)11-3-2-4-13(19)5-11;5-4-3-6-1-2-7-4/h2-6,8-9,15,22H,7,20H2,1H3,(H,24,26)(H2,21,23,25);4H,1-3H2. The van der Waals surface area contributed by atoms with E-state index in [-0.39, 0.29) is 31.0 Å². The van der Waals surface area contributed by atoms with Crippen LogP contribution in [-0.2, 0) is 4.74 Å². The number of alkyl halides is 1. The number of amides is 1. The zero-order chi connectivity index (χ0) is 23.8. The van der Waals surface area contributed by atoms with E-state index < -0.39 is 5.50 Å². The van der Waals surface area contributed by atoms with Crippen LogP contribution >= 0.6 is 23.4 Å². The van der Waals surface area contributed by atoms with Crippen molar-refractivity contribution in [1.29, 1.82) is 0 Å². The van der Waals surface area contributed by atoms with Gasteiger partial charge in [0.05, 0.1) is 24.9 Å². The van der Waals surface area contributed by atoms with E-state index in [0.29, 0.717) is 23.0 Å². The topological polar surface area (TPSA) is 132 Å². The molecule has 1 amide bonds. The van der Waals surface area contributed by atoms with Crippen LogP contribution in [-0.4, -0.2) is 51.9 Å². The van der Waals surface area contributed by atoms with Gasteiger partial charge in [0.1, 0.15) is 5.69 Å². The average Bonchev–Trinajstić information content (AvgIpc) is 3.30. The summed E-state index contributed by atoms with van der Waals surface area (Å²) in [5, 5.41) is 3.50. The second-order valence-corrected chi connectivity index (χ2v) is 8.92. The van der Waals surface area contributed by atoms with Gasteiger partial charge in [-0.2, -0.15) is 0 Å². The van der Waals surface area contributed by atoms with Crippen LogP contribution in [0.1, 0.15) is 27.7 Å². The Morgan fingerprint density at radius 2 is 2.27 bits per heavy atom. The Kier molecular flexibility index (Phi) is 9.07. The summed E-state index contributed by atoms with van der Waals surface area (Å²) in [7, 11) is 0. The fourth-order valence-electron chi connectivity index (χ4n) is 3.11. The quantitative estimate of drug-likeness (QED) is 0.428. The molecule has 4 rings (SSSR count). The number of aromatic nitrogens is 3. The number of nitrogen functional groups attached to an aromatic ring is 1. The van der Waals surface area contributed by atoms with Gasteiger partial charge in [0.25, 0.3) is 5.91 Å². The summed E-state index contributed by atoms with van der Waals surface area (Å²) < 4.78 is 16.8. The molecule has 0 spiro atoms. The van der Waals surface area contributed by atoms with Crippen molar-refractivity contribution in [2.24, 2.45) is 5.73 Å². The summed E-state index contributed by atoms with van der Waals surface area (Å²) in [4.78, 5) is 23.7. The second-order valence-electron chi connectivity index (χ2n) is 7.23. The lowest BCUT2D eigenvalue weighted by molar-refractivity contribution is 0.0933. The molecular weight excluding hydrogens is 467 g/mol. The highest BCUT2D eigenvalue weighted by molar-refractivity contribution is 7.99. The minimum absolute atomic E-state index is 0.182. The summed E-state index contributed by atoms with van der Waals surface area (Å²) in [5.74, 6) is 0.717. The van der Waals surface area contributed by atoms with Crippen LogP contribution in [0.25, 0.3) is 11.3 Å². The zero-order valence-corrected chi connectivity index (χ0v) is 19.6. The molecule has 1 fully saturated rings. The number of benzene rings is 1. The Hall–Kier alpha value is -2.66. The molecule has 2 aromatic heterocycles. The van der Waals surface area contributed by atoms with E-state index in [1.54, 1.807) is 30.6 Å². The van der Waals surface area contributed by atoms with Crippen LogP contribution in [0.4, 0.5) is 10.3 Å². The number of nitrogens with one attached hydrogen (secondary N) is 2. The minimum atomic E-state index is -0.770. The highest BCUT2D eigenvalue weighted by Gasteiger charge is 2.17. The number of H-pyrrole nitrogens is 1. The third-order valence-corrected chi connectivity index (χ3v) is 5.89. The number of aryl methyl sites for hydroxylation is 1. The van der Waals surface area contributed by atoms with Crippen molar-refractivity contribution < 1.29 is 13.9 Å². The normalized spacial score (nSPS) is 16.4. The lowest BCUT2D eigenvalue weighted by Gasteiger charge is -2.17. The molecule has 2 unspecified atom stereocenters. The maximum Gasteiger partial charge on any atom is 0.268 e. The third-order valence-electron chi connectivity index (χ3n) is 4.76. The summed E-state index contributed by atoms with van der Waals surface area (Å²) in [6.07, 6.45) is 3.36. The molecule has 0 aliphatic carbocycles. The highest BCUT2D eigenvalue weighted by Crippen LogP contribution is 2.23. The van der Waals surface area contributed by atoms with Crippen LogP contribution < -0.4 is 16.8 Å². The van der Waals surface area contributed by atoms with Gasteiger partial charge < -0.3 is 26.5 Å². The predicted octanol–water partition coefficient (Wildman–Crippen LogP) is 3.49. The molecule has 1 aliphatic heterocycles. The lowest BCUT2D eigenvalue weighted by atomic mass is 10.1. The monoisotopic (exact) mass is 492 g/mol. The maximum absolute atomic E-state index is 12.6. The lowest BCUT2D eigenvalue weighted by Crippen LogP contribution is -2.33. The van der Waals surface area contributed by atoms with Gasteiger partial charge in [0, 0.05) is 35.3 Å². The molecule has 0 saturated carbocycles. The maximum atomic E-state index is 12.6. The second kappa shape index (κ2) is 12.0. The van der Waals surface area contributed by atoms with Gasteiger partial charge in [-0.05, 0) is 36.2 Å². The van der Waals surface area contributed by atoms with Gasteiger partial charge in [0.15, 0.2) is 5.50 Å². The van der Waals surface area contributed by atoms with Crippen LogP contribution in [0.2, 0.25) is 5.02 Å². The highest BCUT2D eigenvalue weighted by atomic mass is 35.5. The SMILES string of the molecule is Cc1cnc(N)nc1-c1c[nH]c(C(=O)NC(CN)c2cccc(Cl)c2)c1.FC1COCCS1. The molecule has 0 bridgehead atoms. The van der Waals surface area contributed by atoms with Crippen molar-refractivity contribution >= 4 is 35.2 Å². The summed E-state index contributed by atoms with van der Waals surface area (Å²) in [6, 6.07) is 8.62. The Labute approximate surface area is 200 Å². The molecule has 1 saturated heterocycles. The number of nitrogens with two attached hydrogens (primary N) is 2. The number of nitrogens with zero attached hydrogens (tertiary/aromatic N) is 2. The van der Waals surface area contributed by atoms with Crippen molar-refractivity contribution in [2.45, 2.75) is 18.5 Å². The molecule has 8 nitrogen and oxygen atoms in total. The number of anilines is 1. The molecular formula is C22H26ClFN6O2S. The number of hydrogen-bond acceptors (Lipinski definition) is 7. The van der Waals surface area contributed by atoms with Crippen molar-refractivity contribution in [2.75, 3.05) is 31.2 Å². The average molecular weight is 493 g/mol. The number of carbonyl (C=O) groups is 1. The number of carbonyl (C=O) groups excluding carboxylic acids is 1. The first-order valence-corrected chi connectivity index (χ1v) is 11.7. The number of ether oxygens (including phenoxy) is 1. The predicted molar refractivity (Wildman–Crippen MR) is 130 cm³/mol. The van der Waals surface area contributed by atoms with Crippen molar-refractivity contribution in [3.8, 4) is 11.3 Å². The Bertz CT molecular complexity index is 1080.